The third-order valence-electron chi connectivity index (χ3n) is 1.95. The van der Waals surface area contributed by atoms with Crippen molar-refractivity contribution >= 4 is 12.3 Å². The van der Waals surface area contributed by atoms with Gasteiger partial charge in [-0.05, 0) is 6.92 Å². The van der Waals surface area contributed by atoms with E-state index in [1.54, 1.807) is 6.92 Å². The fraction of sp³-hybridized carbons (Fsp3) is 0.714. The molecular formula is C7H12N2O3. The van der Waals surface area contributed by atoms with Gasteiger partial charge in [0.05, 0.1) is 18.5 Å². The highest BCUT2D eigenvalue weighted by Crippen LogP contribution is 2.16. The Balaban J connectivity index is 2.68. The molecule has 0 aliphatic carbocycles. The van der Waals surface area contributed by atoms with E-state index in [2.05, 4.69) is 10.3 Å². The number of rotatable bonds is 2. The van der Waals surface area contributed by atoms with Crippen LogP contribution in [0.3, 0.4) is 0 Å². The van der Waals surface area contributed by atoms with Gasteiger partial charge in [0.25, 0.3) is 0 Å². The van der Waals surface area contributed by atoms with Crippen LogP contribution in [0.15, 0.2) is 4.99 Å². The Kier molecular flexibility index (Phi) is 2.32. The molecule has 5 nitrogen and oxygen atoms in total. The Morgan fingerprint density at radius 1 is 1.92 bits per heavy atom. The number of hydrogen-bond donors (Lipinski definition) is 3. The largest absolute Gasteiger partial charge is 0.480 e. The van der Waals surface area contributed by atoms with E-state index in [0.717, 1.165) is 0 Å². The molecule has 0 spiro atoms. The molecule has 0 saturated carbocycles. The van der Waals surface area contributed by atoms with Crippen molar-refractivity contribution < 1.29 is 15.0 Å². The van der Waals surface area contributed by atoms with Crippen LogP contribution in [0, 0.1) is 0 Å². The van der Waals surface area contributed by atoms with Gasteiger partial charge in [-0.25, -0.2) is 4.79 Å². The predicted molar refractivity (Wildman–Crippen MR) is 43.2 cm³/mol. The van der Waals surface area contributed by atoms with E-state index in [9.17, 15) is 4.79 Å². The molecule has 0 saturated heterocycles. The molecule has 5 heteroatoms. The standard InChI is InChI=1S/C7H12N2O3/c1-7(3-10)2-5(6(11)12)8-4-9-7/h4-5,10H,2-3H2,1H3,(H,8,9)(H,11,12)/t5-,7+/m1/s1. The minimum atomic E-state index is -0.951. The summed E-state index contributed by atoms with van der Waals surface area (Å²) in [6.45, 7) is 1.66. The smallest absolute Gasteiger partial charge is 0.328 e. The molecule has 0 aromatic heterocycles. The van der Waals surface area contributed by atoms with Crippen molar-refractivity contribution in [2.45, 2.75) is 24.9 Å². The Morgan fingerprint density at radius 3 is 3.08 bits per heavy atom. The fourth-order valence-corrected chi connectivity index (χ4v) is 1.08. The maximum Gasteiger partial charge on any atom is 0.328 e. The summed E-state index contributed by atoms with van der Waals surface area (Å²) < 4.78 is 0. The van der Waals surface area contributed by atoms with Crippen molar-refractivity contribution in [2.75, 3.05) is 6.61 Å². The monoisotopic (exact) mass is 172 g/mol. The molecule has 68 valence electrons. The number of aliphatic hydroxyl groups excluding tert-OH is 1. The maximum absolute atomic E-state index is 10.5. The number of aliphatic carboxylic acids is 1. The van der Waals surface area contributed by atoms with Gasteiger partial charge in [-0.15, -0.1) is 0 Å². The molecule has 0 aromatic rings. The van der Waals surface area contributed by atoms with E-state index in [4.69, 9.17) is 10.2 Å². The Bertz CT molecular complexity index is 217. The first-order valence-corrected chi connectivity index (χ1v) is 3.70. The second kappa shape index (κ2) is 3.10. The molecule has 0 bridgehead atoms. The zero-order valence-electron chi connectivity index (χ0n) is 6.82. The van der Waals surface area contributed by atoms with E-state index in [1.165, 1.54) is 6.34 Å². The van der Waals surface area contributed by atoms with Crippen molar-refractivity contribution in [3.05, 3.63) is 0 Å². The molecular weight excluding hydrogens is 160 g/mol. The molecule has 1 aliphatic rings. The van der Waals surface area contributed by atoms with Crippen LogP contribution in [0.2, 0.25) is 0 Å². The van der Waals surface area contributed by atoms with Crippen molar-refractivity contribution in [1.82, 2.24) is 5.32 Å². The summed E-state index contributed by atoms with van der Waals surface area (Å²) in [5.74, 6) is -0.951. The number of carboxylic acids is 1. The minimum absolute atomic E-state index is 0.0944. The van der Waals surface area contributed by atoms with Crippen LogP contribution < -0.4 is 5.32 Å². The van der Waals surface area contributed by atoms with E-state index in [1.807, 2.05) is 0 Å². The van der Waals surface area contributed by atoms with Crippen LogP contribution in [-0.4, -0.2) is 40.7 Å². The lowest BCUT2D eigenvalue weighted by atomic mass is 9.93. The van der Waals surface area contributed by atoms with Gasteiger partial charge in [0, 0.05) is 6.42 Å². The molecule has 0 fully saturated rings. The summed E-state index contributed by atoms with van der Waals surface area (Å²) in [6, 6.07) is -0.733. The van der Waals surface area contributed by atoms with Crippen molar-refractivity contribution in [2.24, 2.45) is 4.99 Å². The lowest BCUT2D eigenvalue weighted by molar-refractivity contribution is -0.139. The van der Waals surface area contributed by atoms with Crippen LogP contribution in [-0.2, 0) is 4.79 Å². The summed E-state index contributed by atoms with van der Waals surface area (Å²) >= 11 is 0. The summed E-state index contributed by atoms with van der Waals surface area (Å²) in [5, 5.41) is 20.4. The third-order valence-corrected chi connectivity index (χ3v) is 1.95. The van der Waals surface area contributed by atoms with E-state index in [-0.39, 0.29) is 6.61 Å². The normalized spacial score (nSPS) is 34.3. The second-order valence-electron chi connectivity index (χ2n) is 3.20. The number of aliphatic imine (C=N–C) groups is 1. The molecule has 1 rings (SSSR count). The summed E-state index contributed by atoms with van der Waals surface area (Å²) in [5.41, 5.74) is -0.551. The number of nitrogens with one attached hydrogen (secondary N) is 1. The Labute approximate surface area is 70.1 Å². The molecule has 12 heavy (non-hydrogen) atoms. The Hall–Kier alpha value is -1.10. The topological polar surface area (TPSA) is 81.9 Å². The summed E-state index contributed by atoms with van der Waals surface area (Å²) in [6.07, 6.45) is 1.66. The van der Waals surface area contributed by atoms with Gasteiger partial charge in [-0.2, -0.15) is 0 Å². The molecule has 3 N–H and O–H groups in total. The zero-order valence-corrected chi connectivity index (χ0v) is 6.82. The molecule has 1 heterocycles. The van der Waals surface area contributed by atoms with Gasteiger partial charge in [0.15, 0.2) is 6.04 Å². The number of aliphatic hydroxyl groups is 1. The van der Waals surface area contributed by atoms with Crippen LogP contribution >= 0.6 is 0 Å². The molecule has 0 amide bonds. The van der Waals surface area contributed by atoms with Crippen molar-refractivity contribution in [3.8, 4) is 0 Å². The minimum Gasteiger partial charge on any atom is -0.480 e. The van der Waals surface area contributed by atoms with Gasteiger partial charge in [0.2, 0.25) is 0 Å². The quantitative estimate of drug-likeness (QED) is 0.510. The number of carboxylic acid groups (broad SMARTS) is 1. The predicted octanol–water partition coefficient (Wildman–Crippen LogP) is -0.788. The molecule has 0 unspecified atom stereocenters. The summed E-state index contributed by atoms with van der Waals surface area (Å²) in [7, 11) is 0. The molecule has 2 atom stereocenters. The molecule has 0 aromatic carbocycles. The highest BCUT2D eigenvalue weighted by molar-refractivity contribution is 5.77. The molecule has 0 radical (unpaired) electrons. The first-order chi connectivity index (χ1) is 5.57. The molecule has 1 aliphatic heterocycles. The average Bonchev–Trinajstić information content (AvgIpc) is 2.05. The fourth-order valence-electron chi connectivity index (χ4n) is 1.08. The van der Waals surface area contributed by atoms with Crippen LogP contribution in [0.5, 0.6) is 0 Å². The first kappa shape index (κ1) is 8.99. The average molecular weight is 172 g/mol. The number of hydrogen-bond acceptors (Lipinski definition) is 4. The highest BCUT2D eigenvalue weighted by atomic mass is 16.4. The number of nitrogens with zero attached hydrogens (tertiary/aromatic N) is 1. The van der Waals surface area contributed by atoms with Crippen LogP contribution in [0.4, 0.5) is 0 Å². The van der Waals surface area contributed by atoms with Crippen LogP contribution in [0.1, 0.15) is 13.3 Å². The van der Waals surface area contributed by atoms with Crippen LogP contribution in [0.25, 0.3) is 0 Å². The van der Waals surface area contributed by atoms with Gasteiger partial charge in [-0.3, -0.25) is 4.99 Å². The van der Waals surface area contributed by atoms with Gasteiger partial charge in [0.1, 0.15) is 0 Å². The van der Waals surface area contributed by atoms with Gasteiger partial charge >= 0.3 is 5.97 Å². The zero-order chi connectivity index (χ0) is 9.19. The lowest BCUT2D eigenvalue weighted by Crippen LogP contribution is -2.51. The lowest BCUT2D eigenvalue weighted by Gasteiger charge is -2.32. The van der Waals surface area contributed by atoms with Gasteiger partial charge < -0.3 is 15.5 Å². The first-order valence-electron chi connectivity index (χ1n) is 3.70. The third kappa shape index (κ3) is 1.73. The maximum atomic E-state index is 10.5. The SMILES string of the molecule is C[C@@]1(CO)C[C@H](C(=O)O)N=CN1. The van der Waals surface area contributed by atoms with Crippen molar-refractivity contribution in [3.63, 3.8) is 0 Å². The Morgan fingerprint density at radius 2 is 2.58 bits per heavy atom. The van der Waals surface area contributed by atoms with E-state index in [0.29, 0.717) is 6.42 Å². The second-order valence-corrected chi connectivity index (χ2v) is 3.20. The van der Waals surface area contributed by atoms with Gasteiger partial charge in [-0.1, -0.05) is 0 Å². The van der Waals surface area contributed by atoms with Crippen molar-refractivity contribution in [1.29, 1.82) is 0 Å². The van der Waals surface area contributed by atoms with E-state index < -0.39 is 17.6 Å². The van der Waals surface area contributed by atoms with E-state index >= 15 is 0 Å². The highest BCUT2D eigenvalue weighted by Gasteiger charge is 2.32. The summed E-state index contributed by atoms with van der Waals surface area (Å²) in [4.78, 5) is 14.3. The number of carbonyl (C=O) groups is 1.